The third-order valence-electron chi connectivity index (χ3n) is 4.09. The van der Waals surface area contributed by atoms with Crippen molar-refractivity contribution in [3.63, 3.8) is 0 Å². The van der Waals surface area contributed by atoms with E-state index in [0.29, 0.717) is 16.7 Å². The lowest BCUT2D eigenvalue weighted by molar-refractivity contribution is -0.125. The Morgan fingerprint density at radius 2 is 1.54 bits per heavy atom. The average Bonchev–Trinajstić information content (AvgIpc) is 2.87. The number of hydrogen-bond donors (Lipinski definition) is 1. The number of benzene rings is 2. The summed E-state index contributed by atoms with van der Waals surface area (Å²) < 4.78 is 4.92. The molecule has 0 spiro atoms. The van der Waals surface area contributed by atoms with Gasteiger partial charge < -0.3 is 10.5 Å². The summed E-state index contributed by atoms with van der Waals surface area (Å²) >= 11 is 0. The van der Waals surface area contributed by atoms with Gasteiger partial charge in [-0.3, -0.25) is 19.3 Å². The fraction of sp³-hybridized carbons (Fsp3) is 0.158. The summed E-state index contributed by atoms with van der Waals surface area (Å²) in [5, 5.41) is 0. The molecule has 0 aromatic heterocycles. The predicted octanol–water partition coefficient (Wildman–Crippen LogP) is 1.51. The summed E-state index contributed by atoms with van der Waals surface area (Å²) in [7, 11) is 0. The highest BCUT2D eigenvalue weighted by Gasteiger charge is 2.34. The molecule has 1 atom stereocenters. The molecule has 0 saturated heterocycles. The summed E-state index contributed by atoms with van der Waals surface area (Å²) in [4.78, 5) is 48.7. The number of fused-ring (bicyclic) bond motifs is 1. The highest BCUT2D eigenvalue weighted by Crippen LogP contribution is 2.24. The zero-order chi connectivity index (χ0) is 18.8. The molecular formula is C19H16N2O5. The number of rotatable bonds is 5. The summed E-state index contributed by atoms with van der Waals surface area (Å²) in [5.74, 6) is -2.10. The molecule has 0 fully saturated rings. The maximum atomic E-state index is 12.4. The lowest BCUT2D eigenvalue weighted by atomic mass is 10.1. The quantitative estimate of drug-likeness (QED) is 0.648. The van der Waals surface area contributed by atoms with Crippen molar-refractivity contribution in [1.29, 1.82) is 0 Å². The van der Waals surface area contributed by atoms with Crippen LogP contribution in [0.25, 0.3) is 0 Å². The van der Waals surface area contributed by atoms with Crippen molar-refractivity contribution in [3.8, 4) is 0 Å². The van der Waals surface area contributed by atoms with E-state index in [2.05, 4.69) is 0 Å². The number of nitrogens with zero attached hydrogens (tertiary/aromatic N) is 1. The Kier molecular flexibility index (Phi) is 4.53. The van der Waals surface area contributed by atoms with Crippen LogP contribution in [-0.2, 0) is 16.1 Å². The number of nitrogens with two attached hydrogens (primary N) is 1. The van der Waals surface area contributed by atoms with Gasteiger partial charge >= 0.3 is 5.97 Å². The van der Waals surface area contributed by atoms with Crippen LogP contribution in [0.15, 0.2) is 48.5 Å². The molecule has 26 heavy (non-hydrogen) atoms. The molecule has 1 heterocycles. The van der Waals surface area contributed by atoms with E-state index in [0.717, 1.165) is 4.90 Å². The van der Waals surface area contributed by atoms with Gasteiger partial charge in [0.05, 0.1) is 23.2 Å². The van der Waals surface area contributed by atoms with E-state index in [1.807, 2.05) is 0 Å². The lowest BCUT2D eigenvalue weighted by Gasteiger charge is -2.14. The third-order valence-corrected chi connectivity index (χ3v) is 4.09. The monoisotopic (exact) mass is 352 g/mol. The zero-order valence-electron chi connectivity index (χ0n) is 14.0. The molecule has 0 aliphatic carbocycles. The molecule has 3 rings (SSSR count). The molecular weight excluding hydrogens is 336 g/mol. The minimum absolute atomic E-state index is 0.0966. The normalized spacial score (nSPS) is 14.1. The van der Waals surface area contributed by atoms with Gasteiger partial charge in [-0.15, -0.1) is 0 Å². The maximum Gasteiger partial charge on any atom is 0.338 e. The number of hydrogen-bond acceptors (Lipinski definition) is 5. The highest BCUT2D eigenvalue weighted by atomic mass is 16.5. The first-order valence-electron chi connectivity index (χ1n) is 7.93. The van der Waals surface area contributed by atoms with Gasteiger partial charge in [0.25, 0.3) is 17.7 Å². The number of esters is 1. The predicted molar refractivity (Wildman–Crippen MR) is 91.2 cm³/mol. The molecule has 0 radical (unpaired) electrons. The van der Waals surface area contributed by atoms with Gasteiger partial charge in [-0.25, -0.2) is 4.79 Å². The Morgan fingerprint density at radius 1 is 1.00 bits per heavy atom. The van der Waals surface area contributed by atoms with Crippen molar-refractivity contribution in [3.05, 3.63) is 70.8 Å². The van der Waals surface area contributed by atoms with E-state index in [-0.39, 0.29) is 23.9 Å². The summed E-state index contributed by atoms with van der Waals surface area (Å²) in [6, 6.07) is 12.9. The van der Waals surface area contributed by atoms with Gasteiger partial charge in [0.15, 0.2) is 6.10 Å². The standard InChI is InChI=1S/C19H16N2O5/c1-11(16(20)22)26-19(25)13-8-6-12(7-9-13)10-21-17(23)14-4-2-3-5-15(14)18(21)24/h2-9,11H,10H2,1H3,(H2,20,22). The fourth-order valence-corrected chi connectivity index (χ4v) is 2.60. The molecule has 0 saturated carbocycles. The molecule has 2 aromatic carbocycles. The highest BCUT2D eigenvalue weighted by molar-refractivity contribution is 6.21. The van der Waals surface area contributed by atoms with E-state index in [1.165, 1.54) is 19.1 Å². The van der Waals surface area contributed by atoms with Gasteiger partial charge in [-0.1, -0.05) is 24.3 Å². The number of primary amides is 1. The molecule has 2 aromatic rings. The van der Waals surface area contributed by atoms with Crippen molar-refractivity contribution >= 4 is 23.7 Å². The Hall–Kier alpha value is -3.48. The van der Waals surface area contributed by atoms with Crippen molar-refractivity contribution in [2.75, 3.05) is 0 Å². The smallest absolute Gasteiger partial charge is 0.338 e. The van der Waals surface area contributed by atoms with E-state index >= 15 is 0 Å². The van der Waals surface area contributed by atoms with Crippen LogP contribution in [0.4, 0.5) is 0 Å². The first-order valence-corrected chi connectivity index (χ1v) is 7.93. The summed E-state index contributed by atoms with van der Waals surface area (Å²) in [5.41, 5.74) is 6.75. The van der Waals surface area contributed by atoms with Gasteiger partial charge in [0.1, 0.15) is 0 Å². The topological polar surface area (TPSA) is 107 Å². The van der Waals surface area contributed by atoms with Gasteiger partial charge in [-0.2, -0.15) is 0 Å². The molecule has 132 valence electrons. The average molecular weight is 352 g/mol. The van der Waals surface area contributed by atoms with Gasteiger partial charge in [0, 0.05) is 0 Å². The van der Waals surface area contributed by atoms with Crippen LogP contribution in [0.2, 0.25) is 0 Å². The maximum absolute atomic E-state index is 12.4. The molecule has 1 aliphatic heterocycles. The number of amides is 3. The molecule has 0 bridgehead atoms. The second kappa shape index (κ2) is 6.79. The number of carbonyl (C=O) groups excluding carboxylic acids is 4. The molecule has 2 N–H and O–H groups in total. The SMILES string of the molecule is CC(OC(=O)c1ccc(CN2C(=O)c3ccccc3C2=O)cc1)C(N)=O. The number of carbonyl (C=O) groups is 4. The van der Waals surface area contributed by atoms with Crippen LogP contribution >= 0.6 is 0 Å². The Bertz CT molecular complexity index is 869. The fourth-order valence-electron chi connectivity index (χ4n) is 2.60. The third kappa shape index (κ3) is 3.19. The Morgan fingerprint density at radius 3 is 2.04 bits per heavy atom. The lowest BCUT2D eigenvalue weighted by Crippen LogP contribution is -2.30. The zero-order valence-corrected chi connectivity index (χ0v) is 14.0. The van der Waals surface area contributed by atoms with Gasteiger partial charge in [-0.05, 0) is 36.8 Å². The minimum atomic E-state index is -1.03. The van der Waals surface area contributed by atoms with Crippen molar-refractivity contribution < 1.29 is 23.9 Å². The summed E-state index contributed by atoms with van der Waals surface area (Å²) in [6.07, 6.45) is -1.03. The molecule has 3 amide bonds. The first-order chi connectivity index (χ1) is 12.4. The number of ether oxygens (including phenoxy) is 1. The van der Waals surface area contributed by atoms with Crippen LogP contribution in [0.5, 0.6) is 0 Å². The summed E-state index contributed by atoms with van der Waals surface area (Å²) in [6.45, 7) is 1.48. The van der Waals surface area contributed by atoms with Gasteiger partial charge in [0.2, 0.25) is 0 Å². The molecule has 7 nitrogen and oxygen atoms in total. The van der Waals surface area contributed by atoms with Crippen LogP contribution < -0.4 is 5.73 Å². The van der Waals surface area contributed by atoms with Crippen molar-refractivity contribution in [2.45, 2.75) is 19.6 Å². The largest absolute Gasteiger partial charge is 0.449 e. The van der Waals surface area contributed by atoms with E-state index in [9.17, 15) is 19.2 Å². The van der Waals surface area contributed by atoms with E-state index in [1.54, 1.807) is 36.4 Å². The molecule has 1 unspecified atom stereocenters. The van der Waals surface area contributed by atoms with E-state index < -0.39 is 18.0 Å². The van der Waals surface area contributed by atoms with Crippen molar-refractivity contribution in [2.24, 2.45) is 5.73 Å². The minimum Gasteiger partial charge on any atom is -0.449 e. The first kappa shape index (κ1) is 17.3. The van der Waals surface area contributed by atoms with Crippen LogP contribution in [0.1, 0.15) is 43.6 Å². The van der Waals surface area contributed by atoms with Crippen LogP contribution in [-0.4, -0.2) is 34.7 Å². The Balaban J connectivity index is 1.71. The van der Waals surface area contributed by atoms with Crippen molar-refractivity contribution in [1.82, 2.24) is 4.90 Å². The Labute approximate surface area is 149 Å². The van der Waals surface area contributed by atoms with Crippen LogP contribution in [0.3, 0.4) is 0 Å². The van der Waals surface area contributed by atoms with Crippen LogP contribution in [0, 0.1) is 0 Å². The second-order valence-corrected chi connectivity index (χ2v) is 5.89. The molecule has 7 heteroatoms. The second-order valence-electron chi connectivity index (χ2n) is 5.89. The van der Waals surface area contributed by atoms with E-state index in [4.69, 9.17) is 10.5 Å². The number of imide groups is 1. The molecule has 1 aliphatic rings.